The molecule has 20 heavy (non-hydrogen) atoms. The van der Waals surface area contributed by atoms with Gasteiger partial charge in [0, 0.05) is 18.1 Å². The Bertz CT molecular complexity index is 620. The van der Waals surface area contributed by atoms with Gasteiger partial charge in [0.15, 0.2) is 0 Å². The maximum Gasteiger partial charge on any atom is 0.307 e. The zero-order valence-electron chi connectivity index (χ0n) is 11.3. The molecule has 0 saturated heterocycles. The number of aromatic nitrogens is 1. The molecular formula is C15H16N2O3. The second-order valence-electron chi connectivity index (χ2n) is 4.19. The third-order valence-electron chi connectivity index (χ3n) is 2.81. The highest BCUT2D eigenvalue weighted by Gasteiger charge is 2.11. The van der Waals surface area contributed by atoms with E-state index in [2.05, 4.69) is 10.3 Å². The maximum atomic E-state index is 12.1. The lowest BCUT2D eigenvalue weighted by Gasteiger charge is -2.07. The van der Waals surface area contributed by atoms with Crippen LogP contribution in [0.2, 0.25) is 0 Å². The van der Waals surface area contributed by atoms with Crippen LogP contribution in [0.4, 0.5) is 0 Å². The lowest BCUT2D eigenvalue weighted by atomic mass is 10.1. The molecule has 1 aromatic heterocycles. The second-order valence-corrected chi connectivity index (χ2v) is 4.19. The summed E-state index contributed by atoms with van der Waals surface area (Å²) in [6.07, 6.45) is 1.76. The third-order valence-corrected chi connectivity index (χ3v) is 2.81. The highest BCUT2D eigenvalue weighted by molar-refractivity contribution is 6.05. The fourth-order valence-corrected chi connectivity index (χ4v) is 1.90. The molecule has 5 nitrogen and oxygen atoms in total. The smallest absolute Gasteiger partial charge is 0.307 e. The first-order chi connectivity index (χ1) is 9.72. The molecule has 0 atom stereocenters. The van der Waals surface area contributed by atoms with Crippen molar-refractivity contribution in [3.05, 3.63) is 42.2 Å². The Morgan fingerprint density at radius 2 is 2.05 bits per heavy atom. The van der Waals surface area contributed by atoms with E-state index in [0.717, 1.165) is 10.8 Å². The molecule has 0 fully saturated rings. The Kier molecular flexibility index (Phi) is 4.65. The molecule has 0 spiro atoms. The van der Waals surface area contributed by atoms with Gasteiger partial charge in [0.1, 0.15) is 5.69 Å². The standard InChI is InChI=1S/C15H16N2O3/c1-2-20-13(18)8-10-17-15(19)14-12-6-4-3-5-11(12)7-9-16-14/h3-7,9H,2,8,10H2,1H3,(H,17,19). The molecule has 0 aliphatic carbocycles. The minimum Gasteiger partial charge on any atom is -0.466 e. The summed E-state index contributed by atoms with van der Waals surface area (Å²) in [5.41, 5.74) is 0.368. The Morgan fingerprint density at radius 3 is 2.85 bits per heavy atom. The first-order valence-electron chi connectivity index (χ1n) is 6.50. The summed E-state index contributed by atoms with van der Waals surface area (Å²) in [4.78, 5) is 27.4. The van der Waals surface area contributed by atoms with Crippen molar-refractivity contribution in [2.75, 3.05) is 13.2 Å². The van der Waals surface area contributed by atoms with Crippen molar-refractivity contribution in [1.29, 1.82) is 0 Å². The molecule has 0 aliphatic heterocycles. The number of hydrogen-bond acceptors (Lipinski definition) is 4. The van der Waals surface area contributed by atoms with E-state index >= 15 is 0 Å². The third kappa shape index (κ3) is 3.32. The van der Waals surface area contributed by atoms with Gasteiger partial charge in [-0.1, -0.05) is 24.3 Å². The van der Waals surface area contributed by atoms with E-state index in [9.17, 15) is 9.59 Å². The van der Waals surface area contributed by atoms with Gasteiger partial charge in [0.05, 0.1) is 13.0 Å². The van der Waals surface area contributed by atoms with Crippen molar-refractivity contribution in [1.82, 2.24) is 10.3 Å². The molecule has 0 saturated carbocycles. The molecule has 1 heterocycles. The zero-order valence-corrected chi connectivity index (χ0v) is 11.3. The number of hydrogen-bond donors (Lipinski definition) is 1. The van der Waals surface area contributed by atoms with E-state index in [-0.39, 0.29) is 24.8 Å². The van der Waals surface area contributed by atoms with E-state index in [0.29, 0.717) is 12.3 Å². The number of pyridine rings is 1. The molecule has 2 aromatic rings. The number of rotatable bonds is 5. The molecule has 1 N–H and O–H groups in total. The van der Waals surface area contributed by atoms with Gasteiger partial charge in [-0.2, -0.15) is 0 Å². The van der Waals surface area contributed by atoms with Gasteiger partial charge < -0.3 is 10.1 Å². The molecule has 5 heteroatoms. The summed E-state index contributed by atoms with van der Waals surface area (Å²) in [6.45, 7) is 2.33. The second kappa shape index (κ2) is 6.65. The highest BCUT2D eigenvalue weighted by atomic mass is 16.5. The van der Waals surface area contributed by atoms with E-state index in [4.69, 9.17) is 4.74 Å². The Labute approximate surface area is 117 Å². The van der Waals surface area contributed by atoms with Crippen molar-refractivity contribution in [2.45, 2.75) is 13.3 Å². The van der Waals surface area contributed by atoms with Gasteiger partial charge in [-0.3, -0.25) is 14.6 Å². The van der Waals surface area contributed by atoms with Crippen LogP contribution in [0.25, 0.3) is 10.8 Å². The minimum atomic E-state index is -0.321. The van der Waals surface area contributed by atoms with E-state index < -0.39 is 0 Å². The van der Waals surface area contributed by atoms with Crippen molar-refractivity contribution in [3.8, 4) is 0 Å². The molecule has 0 unspecified atom stereocenters. The number of esters is 1. The molecular weight excluding hydrogens is 256 g/mol. The largest absolute Gasteiger partial charge is 0.466 e. The number of amides is 1. The van der Waals surface area contributed by atoms with Crippen molar-refractivity contribution in [3.63, 3.8) is 0 Å². The van der Waals surface area contributed by atoms with Crippen LogP contribution in [-0.2, 0) is 9.53 Å². The lowest BCUT2D eigenvalue weighted by Crippen LogP contribution is -2.27. The normalized spacial score (nSPS) is 10.2. The molecule has 0 aliphatic rings. The predicted molar refractivity (Wildman–Crippen MR) is 75.3 cm³/mol. The Morgan fingerprint density at radius 1 is 1.25 bits per heavy atom. The van der Waals surface area contributed by atoms with Crippen LogP contribution in [0.15, 0.2) is 36.5 Å². The summed E-state index contributed by atoms with van der Waals surface area (Å²) in [5.74, 6) is -0.607. The number of nitrogens with one attached hydrogen (secondary N) is 1. The van der Waals surface area contributed by atoms with Crippen LogP contribution in [0.3, 0.4) is 0 Å². The first kappa shape index (κ1) is 14.0. The van der Waals surface area contributed by atoms with Gasteiger partial charge in [-0.05, 0) is 18.4 Å². The lowest BCUT2D eigenvalue weighted by molar-refractivity contribution is -0.142. The van der Waals surface area contributed by atoms with Gasteiger partial charge in [0.2, 0.25) is 0 Å². The zero-order chi connectivity index (χ0) is 14.4. The summed E-state index contributed by atoms with van der Waals surface area (Å²) in [6, 6.07) is 9.39. The fourth-order valence-electron chi connectivity index (χ4n) is 1.90. The number of ether oxygens (including phenoxy) is 1. The first-order valence-corrected chi connectivity index (χ1v) is 6.50. The number of nitrogens with zero attached hydrogens (tertiary/aromatic N) is 1. The predicted octanol–water partition coefficient (Wildman–Crippen LogP) is 1.92. The van der Waals surface area contributed by atoms with Crippen molar-refractivity contribution < 1.29 is 14.3 Å². The van der Waals surface area contributed by atoms with Crippen LogP contribution in [0.5, 0.6) is 0 Å². The van der Waals surface area contributed by atoms with Gasteiger partial charge >= 0.3 is 5.97 Å². The number of carbonyl (C=O) groups excluding carboxylic acids is 2. The molecule has 1 amide bonds. The van der Waals surface area contributed by atoms with Crippen LogP contribution in [-0.4, -0.2) is 30.0 Å². The SMILES string of the molecule is CCOC(=O)CCNC(=O)c1nccc2ccccc12. The van der Waals surface area contributed by atoms with Crippen molar-refractivity contribution in [2.24, 2.45) is 0 Å². The van der Waals surface area contributed by atoms with Crippen LogP contribution in [0, 0.1) is 0 Å². The van der Waals surface area contributed by atoms with E-state index in [1.807, 2.05) is 30.3 Å². The van der Waals surface area contributed by atoms with Crippen molar-refractivity contribution >= 4 is 22.6 Å². The average molecular weight is 272 g/mol. The van der Waals surface area contributed by atoms with Gasteiger partial charge in [0.25, 0.3) is 5.91 Å². The summed E-state index contributed by atoms with van der Waals surface area (Å²) < 4.78 is 4.79. The average Bonchev–Trinajstić information content (AvgIpc) is 2.47. The highest BCUT2D eigenvalue weighted by Crippen LogP contribution is 2.15. The summed E-state index contributed by atoms with van der Waals surface area (Å²) >= 11 is 0. The fraction of sp³-hybridized carbons (Fsp3) is 0.267. The van der Waals surface area contributed by atoms with Crippen LogP contribution >= 0.6 is 0 Å². The summed E-state index contributed by atoms with van der Waals surface area (Å²) in [7, 11) is 0. The number of fused-ring (bicyclic) bond motifs is 1. The Hall–Kier alpha value is -2.43. The van der Waals surface area contributed by atoms with Gasteiger partial charge in [-0.15, -0.1) is 0 Å². The quantitative estimate of drug-likeness (QED) is 0.844. The molecule has 1 aromatic carbocycles. The molecule has 2 rings (SSSR count). The van der Waals surface area contributed by atoms with E-state index in [1.165, 1.54) is 0 Å². The molecule has 104 valence electrons. The minimum absolute atomic E-state index is 0.157. The van der Waals surface area contributed by atoms with E-state index in [1.54, 1.807) is 13.1 Å². The topological polar surface area (TPSA) is 68.3 Å². The van der Waals surface area contributed by atoms with Crippen LogP contribution in [0.1, 0.15) is 23.8 Å². The number of benzene rings is 1. The Balaban J connectivity index is 2.03. The van der Waals surface area contributed by atoms with Crippen LogP contribution < -0.4 is 5.32 Å². The maximum absolute atomic E-state index is 12.1. The molecule has 0 bridgehead atoms. The summed E-state index contributed by atoms with van der Waals surface area (Å²) in [5, 5.41) is 4.43. The van der Waals surface area contributed by atoms with Gasteiger partial charge in [-0.25, -0.2) is 0 Å². The monoisotopic (exact) mass is 272 g/mol. The molecule has 0 radical (unpaired) electrons. The number of carbonyl (C=O) groups is 2.